The third-order valence-electron chi connectivity index (χ3n) is 4.42. The Morgan fingerprint density at radius 1 is 1.00 bits per heavy atom. The first-order chi connectivity index (χ1) is 13.8. The SMILES string of the molecule is CCOC(=O)c1c2sc(C(=O)OC)c(C(=O)OC)c(=O)c2n2cc(C)cc(C)c12. The largest absolute Gasteiger partial charge is 0.465 e. The average molecular weight is 417 g/mol. The summed E-state index contributed by atoms with van der Waals surface area (Å²) >= 11 is 0.828. The summed E-state index contributed by atoms with van der Waals surface area (Å²) < 4.78 is 16.5. The van der Waals surface area contributed by atoms with E-state index in [1.165, 1.54) is 0 Å². The molecule has 8 nitrogen and oxygen atoms in total. The molecule has 0 aliphatic rings. The van der Waals surface area contributed by atoms with Crippen molar-refractivity contribution in [2.75, 3.05) is 20.8 Å². The molecule has 0 aliphatic carbocycles. The molecule has 3 rings (SSSR count). The second-order valence-electron chi connectivity index (χ2n) is 6.31. The molecule has 0 aromatic carbocycles. The van der Waals surface area contributed by atoms with Crippen LogP contribution in [0.4, 0.5) is 0 Å². The molecule has 0 amide bonds. The lowest BCUT2D eigenvalue weighted by Crippen LogP contribution is -2.22. The summed E-state index contributed by atoms with van der Waals surface area (Å²) in [6.45, 7) is 5.47. The van der Waals surface area contributed by atoms with Crippen LogP contribution in [0.2, 0.25) is 0 Å². The lowest BCUT2D eigenvalue weighted by molar-refractivity contribution is 0.0529. The number of carbonyl (C=O) groups excluding carboxylic acids is 3. The first kappa shape index (κ1) is 20.5. The number of aromatic nitrogens is 1. The Morgan fingerprint density at radius 2 is 1.66 bits per heavy atom. The zero-order valence-corrected chi connectivity index (χ0v) is 17.4. The fourth-order valence-corrected chi connectivity index (χ4v) is 4.56. The average Bonchev–Trinajstić information content (AvgIpc) is 3.01. The van der Waals surface area contributed by atoms with Crippen LogP contribution in [0, 0.1) is 13.8 Å². The van der Waals surface area contributed by atoms with Gasteiger partial charge in [-0.2, -0.15) is 0 Å². The van der Waals surface area contributed by atoms with Gasteiger partial charge in [-0.25, -0.2) is 14.4 Å². The molecule has 0 aliphatic heterocycles. The Bertz CT molecular complexity index is 1240. The molecule has 29 heavy (non-hydrogen) atoms. The maximum Gasteiger partial charge on any atom is 0.349 e. The van der Waals surface area contributed by atoms with E-state index in [0.29, 0.717) is 5.52 Å². The van der Waals surface area contributed by atoms with E-state index in [2.05, 4.69) is 0 Å². The minimum absolute atomic E-state index is 0.105. The van der Waals surface area contributed by atoms with E-state index in [0.717, 1.165) is 36.7 Å². The van der Waals surface area contributed by atoms with Crippen molar-refractivity contribution in [3.63, 3.8) is 0 Å². The Morgan fingerprint density at radius 3 is 2.24 bits per heavy atom. The van der Waals surface area contributed by atoms with Crippen LogP contribution >= 0.6 is 11.3 Å². The predicted molar refractivity (Wildman–Crippen MR) is 107 cm³/mol. The number of aryl methyl sites for hydroxylation is 2. The van der Waals surface area contributed by atoms with Crippen molar-refractivity contribution in [1.29, 1.82) is 0 Å². The van der Waals surface area contributed by atoms with E-state index in [1.807, 2.05) is 19.9 Å². The monoisotopic (exact) mass is 417 g/mol. The van der Waals surface area contributed by atoms with Gasteiger partial charge in [0.05, 0.1) is 31.0 Å². The molecule has 0 saturated carbocycles. The number of pyridine rings is 1. The number of esters is 3. The highest BCUT2D eigenvalue weighted by Crippen LogP contribution is 2.34. The molecule has 0 spiro atoms. The van der Waals surface area contributed by atoms with Gasteiger partial charge in [0.1, 0.15) is 21.5 Å². The van der Waals surface area contributed by atoms with Crippen LogP contribution in [-0.2, 0) is 14.2 Å². The van der Waals surface area contributed by atoms with Crippen LogP contribution in [0.15, 0.2) is 17.1 Å². The van der Waals surface area contributed by atoms with Gasteiger partial charge in [0.2, 0.25) is 5.43 Å². The summed E-state index contributed by atoms with van der Waals surface area (Å²) in [5.41, 5.74) is 1.21. The molecule has 0 radical (unpaired) electrons. The summed E-state index contributed by atoms with van der Waals surface area (Å²) in [4.78, 5) is 50.5. The van der Waals surface area contributed by atoms with Crippen molar-refractivity contribution >= 4 is 45.0 Å². The summed E-state index contributed by atoms with van der Waals surface area (Å²) in [6, 6.07) is 1.87. The van der Waals surface area contributed by atoms with Crippen LogP contribution < -0.4 is 5.43 Å². The van der Waals surface area contributed by atoms with Crippen molar-refractivity contribution in [2.24, 2.45) is 0 Å². The Labute approximate surface area is 169 Å². The summed E-state index contributed by atoms with van der Waals surface area (Å²) in [5.74, 6) is -2.44. The quantitative estimate of drug-likeness (QED) is 0.475. The fraction of sp³-hybridized carbons (Fsp3) is 0.300. The summed E-state index contributed by atoms with van der Waals surface area (Å²) in [6.07, 6.45) is 1.69. The highest BCUT2D eigenvalue weighted by molar-refractivity contribution is 7.20. The van der Waals surface area contributed by atoms with Gasteiger partial charge in [0, 0.05) is 6.20 Å². The van der Waals surface area contributed by atoms with Gasteiger partial charge in [-0.1, -0.05) is 6.07 Å². The van der Waals surface area contributed by atoms with Crippen LogP contribution in [0.3, 0.4) is 0 Å². The minimum atomic E-state index is -0.953. The molecule has 3 aromatic heterocycles. The highest BCUT2D eigenvalue weighted by atomic mass is 32.1. The smallest absolute Gasteiger partial charge is 0.349 e. The maximum atomic E-state index is 13.3. The van der Waals surface area contributed by atoms with Gasteiger partial charge in [-0.3, -0.25) is 4.79 Å². The molecule has 0 fully saturated rings. The van der Waals surface area contributed by atoms with E-state index < -0.39 is 28.9 Å². The summed E-state index contributed by atoms with van der Waals surface area (Å²) in [5, 5.41) is 0. The first-order valence-electron chi connectivity index (χ1n) is 8.72. The molecule has 0 unspecified atom stereocenters. The molecule has 3 aromatic rings. The van der Waals surface area contributed by atoms with Gasteiger partial charge in [0.25, 0.3) is 0 Å². The molecule has 0 N–H and O–H groups in total. The number of nitrogens with zero attached hydrogens (tertiary/aromatic N) is 1. The minimum Gasteiger partial charge on any atom is -0.465 e. The normalized spacial score (nSPS) is 10.9. The number of hydrogen-bond acceptors (Lipinski definition) is 8. The second kappa shape index (κ2) is 7.67. The molecule has 0 bridgehead atoms. The molecule has 152 valence electrons. The van der Waals surface area contributed by atoms with Crippen LogP contribution in [0.1, 0.15) is 48.4 Å². The fourth-order valence-electron chi connectivity index (χ4n) is 3.34. The summed E-state index contributed by atoms with van der Waals surface area (Å²) in [7, 11) is 2.26. The molecular weight excluding hydrogens is 398 g/mol. The van der Waals surface area contributed by atoms with Crippen molar-refractivity contribution in [3.05, 3.63) is 49.6 Å². The van der Waals surface area contributed by atoms with Crippen LogP contribution in [0.25, 0.3) is 15.7 Å². The zero-order valence-electron chi connectivity index (χ0n) is 16.6. The van der Waals surface area contributed by atoms with E-state index in [-0.39, 0.29) is 27.3 Å². The number of rotatable bonds is 4. The number of ether oxygens (including phenoxy) is 3. The number of methoxy groups -OCH3 is 2. The number of carbonyl (C=O) groups is 3. The van der Waals surface area contributed by atoms with Gasteiger partial charge in [-0.15, -0.1) is 11.3 Å². The van der Waals surface area contributed by atoms with Crippen molar-refractivity contribution in [2.45, 2.75) is 20.8 Å². The lowest BCUT2D eigenvalue weighted by atomic mass is 10.1. The third kappa shape index (κ3) is 3.17. The highest BCUT2D eigenvalue weighted by Gasteiger charge is 2.31. The van der Waals surface area contributed by atoms with E-state index in [4.69, 9.17) is 14.2 Å². The standard InChI is InChI=1S/C20H19NO7S/c1-6-28-19(24)11-13-10(3)7-9(2)8-21(13)14-15(22)12(18(23)26-4)17(20(25)27-5)29-16(11)14/h7-8H,6H2,1-5H3. The van der Waals surface area contributed by atoms with Crippen LogP contribution in [-0.4, -0.2) is 43.1 Å². The van der Waals surface area contributed by atoms with Crippen molar-refractivity contribution in [1.82, 2.24) is 4.40 Å². The molecule has 9 heteroatoms. The molecule has 0 atom stereocenters. The van der Waals surface area contributed by atoms with E-state index >= 15 is 0 Å². The van der Waals surface area contributed by atoms with E-state index in [1.54, 1.807) is 17.5 Å². The Kier molecular flexibility index (Phi) is 5.43. The second-order valence-corrected chi connectivity index (χ2v) is 7.33. The van der Waals surface area contributed by atoms with Crippen molar-refractivity contribution < 1.29 is 28.6 Å². The van der Waals surface area contributed by atoms with Gasteiger partial charge in [-0.05, 0) is 31.9 Å². The maximum absolute atomic E-state index is 13.3. The Balaban J connectivity index is 2.64. The van der Waals surface area contributed by atoms with Crippen LogP contribution in [0.5, 0.6) is 0 Å². The van der Waals surface area contributed by atoms with E-state index in [9.17, 15) is 19.2 Å². The third-order valence-corrected chi connectivity index (χ3v) is 5.60. The first-order valence-corrected chi connectivity index (χ1v) is 9.54. The van der Waals surface area contributed by atoms with Gasteiger partial charge >= 0.3 is 17.9 Å². The number of hydrogen-bond donors (Lipinski definition) is 0. The Hall–Kier alpha value is -3.20. The topological polar surface area (TPSA) is 100 Å². The zero-order chi connectivity index (χ0) is 21.5. The lowest BCUT2D eigenvalue weighted by Gasteiger charge is -2.06. The van der Waals surface area contributed by atoms with Crippen molar-refractivity contribution in [3.8, 4) is 0 Å². The van der Waals surface area contributed by atoms with Gasteiger partial charge < -0.3 is 18.6 Å². The molecule has 0 saturated heterocycles. The number of fused-ring (bicyclic) bond motifs is 3. The molecular formula is C20H19NO7S. The molecule has 3 heterocycles. The van der Waals surface area contributed by atoms with Gasteiger partial charge in [0.15, 0.2) is 0 Å². The predicted octanol–water partition coefficient (Wildman–Crippen LogP) is 2.88.